The van der Waals surface area contributed by atoms with Gasteiger partial charge in [-0.3, -0.25) is 9.69 Å². The van der Waals surface area contributed by atoms with Crippen LogP contribution < -0.4 is 10.2 Å². The van der Waals surface area contributed by atoms with E-state index in [0.29, 0.717) is 6.42 Å². The largest absolute Gasteiger partial charge is 0.508 e. The molecule has 7 nitrogen and oxygen atoms in total. The van der Waals surface area contributed by atoms with Crippen LogP contribution in [0.2, 0.25) is 0 Å². The summed E-state index contributed by atoms with van der Waals surface area (Å²) in [5.41, 5.74) is 2.02. The van der Waals surface area contributed by atoms with Gasteiger partial charge in [-0.2, -0.15) is 0 Å². The summed E-state index contributed by atoms with van der Waals surface area (Å²) in [6.45, 7) is 3.32. The number of nitrogens with one attached hydrogen (secondary N) is 1. The van der Waals surface area contributed by atoms with Crippen LogP contribution in [0.4, 0.5) is 5.69 Å². The molecule has 0 radical (unpaired) electrons. The van der Waals surface area contributed by atoms with E-state index in [0.717, 1.165) is 37.4 Å². The molecule has 1 amide bonds. The summed E-state index contributed by atoms with van der Waals surface area (Å²) in [7, 11) is 1.33. The molecule has 29 heavy (non-hydrogen) atoms. The summed E-state index contributed by atoms with van der Waals surface area (Å²) < 4.78 is 4.86. The Labute approximate surface area is 170 Å². The fourth-order valence-electron chi connectivity index (χ4n) is 3.46. The number of carbonyl (C=O) groups excluding carboxylic acids is 2. The Morgan fingerprint density at radius 1 is 1.03 bits per heavy atom. The maximum absolute atomic E-state index is 12.5. The summed E-state index contributed by atoms with van der Waals surface area (Å²) in [5, 5.41) is 12.2. The van der Waals surface area contributed by atoms with Gasteiger partial charge in [0.05, 0.1) is 13.7 Å². The average Bonchev–Trinajstić information content (AvgIpc) is 2.74. The predicted octanol–water partition coefficient (Wildman–Crippen LogP) is 1.41. The van der Waals surface area contributed by atoms with Crippen LogP contribution in [0.1, 0.15) is 5.56 Å². The third-order valence-corrected chi connectivity index (χ3v) is 5.06. The van der Waals surface area contributed by atoms with Crippen molar-refractivity contribution in [3.63, 3.8) is 0 Å². The van der Waals surface area contributed by atoms with Crippen LogP contribution >= 0.6 is 0 Å². The second-order valence-corrected chi connectivity index (χ2v) is 7.11. The number of methoxy groups -OCH3 is 1. The number of carbonyl (C=O) groups is 2. The summed E-state index contributed by atoms with van der Waals surface area (Å²) in [5.74, 6) is -0.381. The second-order valence-electron chi connectivity index (χ2n) is 7.11. The minimum Gasteiger partial charge on any atom is -0.508 e. The number of benzene rings is 2. The average molecular weight is 397 g/mol. The van der Waals surface area contributed by atoms with Crippen molar-refractivity contribution in [2.75, 3.05) is 44.7 Å². The van der Waals surface area contributed by atoms with Gasteiger partial charge in [-0.25, -0.2) is 4.79 Å². The van der Waals surface area contributed by atoms with Crippen LogP contribution in [0.3, 0.4) is 0 Å². The minimum absolute atomic E-state index is 0.186. The Hall–Kier alpha value is -3.06. The van der Waals surface area contributed by atoms with Gasteiger partial charge in [0.1, 0.15) is 11.8 Å². The van der Waals surface area contributed by atoms with Crippen LogP contribution in [0.25, 0.3) is 0 Å². The first-order valence-corrected chi connectivity index (χ1v) is 9.72. The van der Waals surface area contributed by atoms with E-state index in [9.17, 15) is 14.7 Å². The highest BCUT2D eigenvalue weighted by Crippen LogP contribution is 2.19. The Balaban J connectivity index is 1.50. The van der Waals surface area contributed by atoms with Crippen LogP contribution in [-0.2, 0) is 20.7 Å². The van der Waals surface area contributed by atoms with Gasteiger partial charge in [0.15, 0.2) is 0 Å². The molecular formula is C22H27N3O4. The quantitative estimate of drug-likeness (QED) is 0.688. The summed E-state index contributed by atoms with van der Waals surface area (Å²) >= 11 is 0. The van der Waals surface area contributed by atoms with Crippen molar-refractivity contribution in [1.82, 2.24) is 10.2 Å². The topological polar surface area (TPSA) is 82.1 Å². The van der Waals surface area contributed by atoms with E-state index in [1.165, 1.54) is 7.11 Å². The fourth-order valence-corrected chi connectivity index (χ4v) is 3.46. The molecule has 7 heteroatoms. The van der Waals surface area contributed by atoms with Gasteiger partial charge >= 0.3 is 5.97 Å². The van der Waals surface area contributed by atoms with Gasteiger partial charge < -0.3 is 20.1 Å². The first kappa shape index (κ1) is 20.7. The smallest absolute Gasteiger partial charge is 0.328 e. The number of aromatic hydroxyl groups is 1. The molecule has 0 saturated carbocycles. The lowest BCUT2D eigenvalue weighted by Crippen LogP contribution is -2.52. The molecule has 0 unspecified atom stereocenters. The fraction of sp³-hybridized carbons (Fsp3) is 0.364. The van der Waals surface area contributed by atoms with E-state index in [1.54, 1.807) is 12.1 Å². The SMILES string of the molecule is COC(=O)[C@H](Cc1ccccc1)NC(=O)CN1CCN(c2ccc(O)cc2)CC1. The van der Waals surface area contributed by atoms with Gasteiger partial charge in [-0.1, -0.05) is 30.3 Å². The highest BCUT2D eigenvalue weighted by Gasteiger charge is 2.24. The molecule has 0 aromatic heterocycles. The minimum atomic E-state index is -0.701. The van der Waals surface area contributed by atoms with Gasteiger partial charge in [0, 0.05) is 38.3 Å². The molecule has 2 aromatic rings. The number of amides is 1. The van der Waals surface area contributed by atoms with Gasteiger partial charge in [-0.15, -0.1) is 0 Å². The number of rotatable bonds is 7. The molecule has 0 aliphatic carbocycles. The monoisotopic (exact) mass is 397 g/mol. The van der Waals surface area contributed by atoms with Crippen molar-refractivity contribution in [2.45, 2.75) is 12.5 Å². The van der Waals surface area contributed by atoms with E-state index < -0.39 is 12.0 Å². The number of hydrogen-bond acceptors (Lipinski definition) is 6. The zero-order valence-corrected chi connectivity index (χ0v) is 16.6. The van der Waals surface area contributed by atoms with Crippen LogP contribution in [0.5, 0.6) is 5.75 Å². The molecule has 1 fully saturated rings. The van der Waals surface area contributed by atoms with Crippen molar-refractivity contribution in [3.8, 4) is 5.75 Å². The molecule has 1 saturated heterocycles. The number of ether oxygens (including phenoxy) is 1. The van der Waals surface area contributed by atoms with E-state index in [2.05, 4.69) is 15.1 Å². The molecule has 1 heterocycles. The number of phenols is 1. The highest BCUT2D eigenvalue weighted by atomic mass is 16.5. The lowest BCUT2D eigenvalue weighted by Gasteiger charge is -2.35. The molecule has 3 rings (SSSR count). The molecule has 2 aromatic carbocycles. The van der Waals surface area contributed by atoms with Gasteiger partial charge in [0.2, 0.25) is 5.91 Å². The number of esters is 1. The van der Waals surface area contributed by atoms with E-state index in [-0.39, 0.29) is 18.2 Å². The second kappa shape index (κ2) is 9.93. The van der Waals surface area contributed by atoms with E-state index in [1.807, 2.05) is 42.5 Å². The van der Waals surface area contributed by atoms with Crippen LogP contribution in [-0.4, -0.2) is 67.8 Å². The number of hydrogen-bond donors (Lipinski definition) is 2. The van der Waals surface area contributed by atoms with Crippen molar-refractivity contribution in [2.24, 2.45) is 0 Å². The molecule has 2 N–H and O–H groups in total. The van der Waals surface area contributed by atoms with Crippen molar-refractivity contribution < 1.29 is 19.4 Å². The standard InChI is InChI=1S/C22H27N3O4/c1-29-22(28)20(15-17-5-3-2-4-6-17)23-21(27)16-24-11-13-25(14-12-24)18-7-9-19(26)10-8-18/h2-10,20,26H,11-16H2,1H3,(H,23,27)/t20-/m0/s1. The predicted molar refractivity (Wildman–Crippen MR) is 111 cm³/mol. The maximum Gasteiger partial charge on any atom is 0.328 e. The summed E-state index contributed by atoms with van der Waals surface area (Å²) in [6.07, 6.45) is 0.397. The zero-order valence-electron chi connectivity index (χ0n) is 16.6. The van der Waals surface area contributed by atoms with E-state index >= 15 is 0 Å². The van der Waals surface area contributed by atoms with Crippen LogP contribution in [0.15, 0.2) is 54.6 Å². The van der Waals surface area contributed by atoms with Gasteiger partial charge in [0.25, 0.3) is 0 Å². The summed E-state index contributed by atoms with van der Waals surface area (Å²) in [6, 6.07) is 16.0. The maximum atomic E-state index is 12.5. The third kappa shape index (κ3) is 5.96. The molecule has 1 aliphatic heterocycles. The van der Waals surface area contributed by atoms with Gasteiger partial charge in [-0.05, 0) is 29.8 Å². The lowest BCUT2D eigenvalue weighted by molar-refractivity contribution is -0.145. The Kier molecular flexibility index (Phi) is 7.08. The first-order chi connectivity index (χ1) is 14.0. The number of nitrogens with zero attached hydrogens (tertiary/aromatic N) is 2. The van der Waals surface area contributed by atoms with Crippen molar-refractivity contribution in [1.29, 1.82) is 0 Å². The highest BCUT2D eigenvalue weighted by molar-refractivity contribution is 5.85. The Morgan fingerprint density at radius 3 is 2.31 bits per heavy atom. The molecule has 1 atom stereocenters. The van der Waals surface area contributed by atoms with Crippen molar-refractivity contribution >= 4 is 17.6 Å². The molecule has 0 spiro atoms. The van der Waals surface area contributed by atoms with Crippen molar-refractivity contribution in [3.05, 3.63) is 60.2 Å². The molecule has 154 valence electrons. The zero-order chi connectivity index (χ0) is 20.6. The molecule has 0 bridgehead atoms. The summed E-state index contributed by atoms with van der Waals surface area (Å²) in [4.78, 5) is 28.9. The number of piperazine rings is 1. The number of phenolic OH excluding ortho intramolecular Hbond substituents is 1. The Bertz CT molecular complexity index is 803. The normalized spacial score (nSPS) is 15.6. The first-order valence-electron chi connectivity index (χ1n) is 9.72. The lowest BCUT2D eigenvalue weighted by atomic mass is 10.1. The number of anilines is 1. The Morgan fingerprint density at radius 2 is 1.69 bits per heavy atom. The molecular weight excluding hydrogens is 370 g/mol. The van der Waals surface area contributed by atoms with Crippen LogP contribution in [0, 0.1) is 0 Å². The third-order valence-electron chi connectivity index (χ3n) is 5.06. The molecule has 1 aliphatic rings. The van der Waals surface area contributed by atoms with E-state index in [4.69, 9.17) is 4.74 Å².